The van der Waals surface area contributed by atoms with Crippen LogP contribution in [0.15, 0.2) is 158 Å². The second-order valence-electron chi connectivity index (χ2n) is 21.7. The predicted molar refractivity (Wildman–Crippen MR) is 327 cm³/mol. The molecule has 0 bridgehead atoms. The molecule has 0 saturated heterocycles. The Morgan fingerprint density at radius 2 is 0.643 bits per heavy atom. The molecule has 8 aromatic carbocycles. The first-order chi connectivity index (χ1) is 40.3. The largest absolute Gasteiger partial charge is 0.513 e. The van der Waals surface area contributed by atoms with Gasteiger partial charge in [0.15, 0.2) is 34.9 Å². The lowest BCUT2D eigenvalue weighted by atomic mass is 9.78. The Bertz CT molecular complexity index is 3930. The maximum absolute atomic E-state index is 12.7. The van der Waals surface area contributed by atoms with Crippen molar-refractivity contribution in [2.24, 2.45) is 0 Å². The smallest absolute Gasteiger partial charge is 0.507 e. The Hall–Kier alpha value is -9.95. The molecule has 0 atom stereocenters. The van der Waals surface area contributed by atoms with Gasteiger partial charge < -0.3 is 33.9 Å². The fraction of sp³-hybridized carbons (Fsp3) is 0.214. The number of aromatic hydroxyl groups is 2. The molecule has 0 aliphatic heterocycles. The first kappa shape index (κ1) is 57.3. The second-order valence-corrected chi connectivity index (χ2v) is 21.7. The molecule has 2 N–H and O–H groups in total. The summed E-state index contributed by atoms with van der Waals surface area (Å²) in [6.07, 6.45) is -0.878. The van der Waals surface area contributed by atoms with Gasteiger partial charge in [0.2, 0.25) is 0 Å². The summed E-state index contributed by atoms with van der Waals surface area (Å²) in [5.74, 6) is 4.45. The number of rotatable bonds is 18. The first-order valence-corrected chi connectivity index (χ1v) is 27.8. The minimum absolute atomic E-state index is 0.00971. The zero-order valence-corrected chi connectivity index (χ0v) is 48.9. The number of carbonyl (C=O) groups is 1. The highest BCUT2D eigenvalue weighted by atomic mass is 16.7. The lowest BCUT2D eigenvalue weighted by Crippen LogP contribution is -2.19. The molecule has 0 saturated carbocycles. The van der Waals surface area contributed by atoms with Crippen LogP contribution in [-0.4, -0.2) is 72.7 Å². The van der Waals surface area contributed by atoms with E-state index < -0.39 is 11.6 Å². The van der Waals surface area contributed by atoms with E-state index in [2.05, 4.69) is 52.0 Å². The van der Waals surface area contributed by atoms with E-state index in [0.29, 0.717) is 69.1 Å². The lowest BCUT2D eigenvalue weighted by Gasteiger charge is -2.26. The van der Waals surface area contributed by atoms with Crippen LogP contribution in [0.4, 0.5) is 4.79 Å². The second kappa shape index (κ2) is 24.6. The maximum atomic E-state index is 12.7. The zero-order chi connectivity index (χ0) is 59.2. The number of hydrogen-bond donors (Lipinski definition) is 2. The minimum Gasteiger partial charge on any atom is -0.507 e. The van der Waals surface area contributed by atoms with Crippen LogP contribution in [0.3, 0.4) is 0 Å². The highest BCUT2D eigenvalue weighted by Crippen LogP contribution is 2.38. The normalized spacial score (nSPS) is 11.3. The molecule has 0 aliphatic rings. The third-order valence-corrected chi connectivity index (χ3v) is 14.7. The van der Waals surface area contributed by atoms with Crippen molar-refractivity contribution in [3.63, 3.8) is 0 Å². The summed E-state index contributed by atoms with van der Waals surface area (Å²) in [5, 5.41) is 22.6. The van der Waals surface area contributed by atoms with Crippen LogP contribution in [0, 0.1) is 55.4 Å². The molecule has 10 aromatic rings. The number of ether oxygens (including phenoxy) is 5. The molecular weight excluding hydrogens is 1050 g/mol. The molecule has 0 aliphatic carbocycles. The van der Waals surface area contributed by atoms with Crippen molar-refractivity contribution in [2.45, 2.75) is 74.7 Å². The average Bonchev–Trinajstić information content (AvgIpc) is 3.61. The van der Waals surface area contributed by atoms with E-state index >= 15 is 0 Å². The highest BCUT2D eigenvalue weighted by molar-refractivity contribution is 5.74. The van der Waals surface area contributed by atoms with Crippen LogP contribution < -0.4 is 18.9 Å². The van der Waals surface area contributed by atoms with Gasteiger partial charge in [0, 0.05) is 39.8 Å². The number of hydrogen-bond acceptors (Lipinski definition) is 14. The summed E-state index contributed by atoms with van der Waals surface area (Å²) in [7, 11) is 0. The van der Waals surface area contributed by atoms with Crippen molar-refractivity contribution in [1.82, 2.24) is 29.9 Å². The lowest BCUT2D eigenvalue weighted by molar-refractivity contribution is 0.0847. The van der Waals surface area contributed by atoms with Crippen molar-refractivity contribution in [2.75, 3.05) is 26.4 Å². The fourth-order valence-electron chi connectivity index (χ4n) is 10.1. The van der Waals surface area contributed by atoms with Crippen LogP contribution in [0.1, 0.15) is 69.5 Å². The number of carbonyl (C=O) groups excluding carboxylic acids is 1. The molecule has 14 heteroatoms. The van der Waals surface area contributed by atoms with Gasteiger partial charge in [0.1, 0.15) is 60.9 Å². The van der Waals surface area contributed by atoms with Crippen LogP contribution in [0.5, 0.6) is 34.5 Å². The summed E-state index contributed by atoms with van der Waals surface area (Å²) < 4.78 is 28.7. The number of phenols is 2. The Kier molecular flexibility index (Phi) is 16.8. The van der Waals surface area contributed by atoms with E-state index in [4.69, 9.17) is 53.6 Å². The molecule has 0 unspecified atom stereocenters. The van der Waals surface area contributed by atoms with Crippen LogP contribution in [0.25, 0.3) is 68.3 Å². The Morgan fingerprint density at radius 1 is 0.357 bits per heavy atom. The molecule has 10 rings (SSSR count). The highest BCUT2D eigenvalue weighted by Gasteiger charge is 2.25. The third-order valence-electron chi connectivity index (χ3n) is 14.7. The van der Waals surface area contributed by atoms with Gasteiger partial charge in [-0.25, -0.2) is 34.7 Å². The van der Waals surface area contributed by atoms with E-state index in [-0.39, 0.29) is 37.9 Å². The number of aryl methyl sites for hydroxylation is 8. The monoisotopic (exact) mass is 1120 g/mol. The summed E-state index contributed by atoms with van der Waals surface area (Å²) in [5.41, 5.74) is 14.7. The zero-order valence-electron chi connectivity index (χ0n) is 48.9. The third kappa shape index (κ3) is 13.2. The van der Waals surface area contributed by atoms with Gasteiger partial charge in [-0.1, -0.05) is 133 Å². The van der Waals surface area contributed by atoms with Crippen LogP contribution in [-0.2, 0) is 10.2 Å². The first-order valence-electron chi connectivity index (χ1n) is 27.8. The molecule has 84 heavy (non-hydrogen) atoms. The van der Waals surface area contributed by atoms with E-state index in [1.807, 2.05) is 126 Å². The standard InChI is InChI=1S/C70H66N6O8/c1-41-11-25-55(45(5)35-41)63-71-64(56-26-12-42(2)36-46(56)6)74-67(73-63)59-29-23-53(39-61(59)77)81-32-31-80-51-19-15-49(16-20-51)70(9,10)50-17-21-52(22-18-50)84-69(79)83-34-33-82-54-24-30-60(62(78)40-54)68-75-65(57-27-13-43(3)37-47(57)7)72-66(76-68)58-28-14-44(4)38-48(58)8/h11-30,35-40,77-78H,31-34H2,1-10H3. The van der Waals surface area contributed by atoms with Gasteiger partial charge in [-0.15, -0.1) is 0 Å². The summed E-state index contributed by atoms with van der Waals surface area (Å²) in [6.45, 7) is 21.0. The Labute approximate surface area is 489 Å². The van der Waals surface area contributed by atoms with Gasteiger partial charge in [0.25, 0.3) is 0 Å². The maximum Gasteiger partial charge on any atom is 0.513 e. The van der Waals surface area contributed by atoms with Crippen LogP contribution in [0.2, 0.25) is 0 Å². The van der Waals surface area contributed by atoms with Gasteiger partial charge >= 0.3 is 6.16 Å². The number of benzene rings is 8. The van der Waals surface area contributed by atoms with Crippen molar-refractivity contribution in [1.29, 1.82) is 0 Å². The molecule has 2 heterocycles. The van der Waals surface area contributed by atoms with E-state index in [9.17, 15) is 15.0 Å². The van der Waals surface area contributed by atoms with Gasteiger partial charge in [-0.05, 0) is 137 Å². The predicted octanol–water partition coefficient (Wildman–Crippen LogP) is 15.3. The van der Waals surface area contributed by atoms with Gasteiger partial charge in [-0.3, -0.25) is 0 Å². The molecule has 2 aromatic heterocycles. The molecule has 0 spiro atoms. The van der Waals surface area contributed by atoms with Crippen LogP contribution >= 0.6 is 0 Å². The fourth-order valence-corrected chi connectivity index (χ4v) is 10.1. The topological polar surface area (TPSA) is 181 Å². The Balaban J connectivity index is 0.697. The average molecular weight is 1120 g/mol. The summed E-state index contributed by atoms with van der Waals surface area (Å²) in [6, 6.07) is 49.7. The van der Waals surface area contributed by atoms with Crippen molar-refractivity contribution < 1.29 is 38.7 Å². The minimum atomic E-state index is -0.878. The number of aromatic nitrogens is 6. The summed E-state index contributed by atoms with van der Waals surface area (Å²) in [4.78, 5) is 41.9. The molecular formula is C70H66N6O8. The molecule has 14 nitrogen and oxygen atoms in total. The Morgan fingerprint density at radius 3 is 0.976 bits per heavy atom. The van der Waals surface area contributed by atoms with E-state index in [1.54, 1.807) is 42.5 Å². The molecule has 424 valence electrons. The quantitative estimate of drug-likeness (QED) is 0.0470. The van der Waals surface area contributed by atoms with Gasteiger partial charge in [-0.2, -0.15) is 0 Å². The molecule has 0 amide bonds. The van der Waals surface area contributed by atoms with Gasteiger partial charge in [0.05, 0.1) is 11.1 Å². The van der Waals surface area contributed by atoms with Crippen molar-refractivity contribution >= 4 is 6.16 Å². The molecule has 0 radical (unpaired) electrons. The number of phenolic OH excluding ortho intramolecular Hbond substituents is 2. The number of nitrogens with zero attached hydrogens (tertiary/aromatic N) is 6. The van der Waals surface area contributed by atoms with Crippen molar-refractivity contribution in [3.05, 3.63) is 213 Å². The van der Waals surface area contributed by atoms with E-state index in [1.165, 1.54) is 6.07 Å². The van der Waals surface area contributed by atoms with Crippen molar-refractivity contribution in [3.8, 4) is 103 Å². The SMILES string of the molecule is Cc1ccc(-c2nc(-c3ccc(C)cc3C)nc(-c3ccc(OCCOC(=O)Oc4ccc(C(C)(C)c5ccc(OCCOc6ccc(-c7nc(-c8ccc(C)cc8C)nc(-c8ccc(C)cc8C)n7)c(O)c6)cc5)cc4)cc3O)n2)c(C)c1. The summed E-state index contributed by atoms with van der Waals surface area (Å²) >= 11 is 0. The molecule has 0 fully saturated rings. The van der Waals surface area contributed by atoms with E-state index in [0.717, 1.165) is 77.9 Å².